The number of fused-ring (bicyclic) bond motifs is 1. The summed E-state index contributed by atoms with van der Waals surface area (Å²) in [6, 6.07) is 18.9. The molecule has 1 amide bonds. The molecular formula is C23H23NO4S. The number of benzene rings is 3. The molecule has 0 N–H and O–H groups in total. The minimum absolute atomic E-state index is 0.202. The zero-order valence-corrected chi connectivity index (χ0v) is 17.1. The number of ether oxygens (including phenoxy) is 1. The predicted octanol–water partition coefficient (Wildman–Crippen LogP) is 3.91. The Morgan fingerprint density at radius 2 is 1.76 bits per heavy atom. The number of hydrogen-bond donors (Lipinski definition) is 0. The molecule has 3 aromatic rings. The molecule has 5 nitrogen and oxygen atoms in total. The number of carbonyl (C=O) groups excluding carboxylic acids is 1. The molecule has 0 saturated carbocycles. The summed E-state index contributed by atoms with van der Waals surface area (Å²) < 4.78 is 29.6. The van der Waals surface area contributed by atoms with Crippen LogP contribution >= 0.6 is 0 Å². The molecule has 4 rings (SSSR count). The van der Waals surface area contributed by atoms with Gasteiger partial charge in [-0.1, -0.05) is 30.3 Å². The fraction of sp³-hybridized carbons (Fsp3) is 0.261. The maximum atomic E-state index is 11.8. The summed E-state index contributed by atoms with van der Waals surface area (Å²) >= 11 is 0. The topological polar surface area (TPSA) is 63.7 Å². The molecule has 0 aromatic heterocycles. The highest BCUT2D eigenvalue weighted by molar-refractivity contribution is 7.90. The molecule has 0 unspecified atom stereocenters. The Kier molecular flexibility index (Phi) is 5.28. The van der Waals surface area contributed by atoms with Crippen molar-refractivity contribution < 1.29 is 17.9 Å². The first-order valence-corrected chi connectivity index (χ1v) is 11.5. The second-order valence-electron chi connectivity index (χ2n) is 7.36. The molecule has 1 saturated heterocycles. The van der Waals surface area contributed by atoms with Gasteiger partial charge in [0.15, 0.2) is 9.84 Å². The Hall–Kier alpha value is -2.86. The molecule has 0 aliphatic carbocycles. The van der Waals surface area contributed by atoms with Crippen LogP contribution in [0.4, 0.5) is 0 Å². The number of nitrogens with zero attached hydrogens (tertiary/aromatic N) is 1. The highest BCUT2D eigenvalue weighted by Crippen LogP contribution is 2.28. The maximum absolute atomic E-state index is 11.8. The zero-order valence-electron chi connectivity index (χ0n) is 16.3. The Labute approximate surface area is 170 Å². The molecule has 6 heteroatoms. The Morgan fingerprint density at radius 3 is 2.52 bits per heavy atom. The van der Waals surface area contributed by atoms with Gasteiger partial charge in [0.05, 0.1) is 11.4 Å². The van der Waals surface area contributed by atoms with Crippen molar-refractivity contribution >= 4 is 26.5 Å². The normalized spacial score (nSPS) is 14.5. The highest BCUT2D eigenvalue weighted by Gasteiger charge is 2.19. The van der Waals surface area contributed by atoms with Gasteiger partial charge in [-0.15, -0.1) is 0 Å². The summed E-state index contributed by atoms with van der Waals surface area (Å²) in [4.78, 5) is 13.8. The van der Waals surface area contributed by atoms with Crippen molar-refractivity contribution in [3.05, 3.63) is 60.7 Å². The van der Waals surface area contributed by atoms with Crippen LogP contribution < -0.4 is 4.74 Å². The van der Waals surface area contributed by atoms with E-state index in [1.54, 1.807) is 18.2 Å². The summed E-state index contributed by atoms with van der Waals surface area (Å²) in [5.41, 5.74) is 1.80. The number of amides is 1. The Balaban J connectivity index is 1.55. The van der Waals surface area contributed by atoms with Crippen LogP contribution in [0.5, 0.6) is 5.75 Å². The van der Waals surface area contributed by atoms with Crippen molar-refractivity contribution in [1.82, 2.24) is 4.90 Å². The van der Waals surface area contributed by atoms with Gasteiger partial charge in [0.1, 0.15) is 12.4 Å². The van der Waals surface area contributed by atoms with Crippen LogP contribution in [0.15, 0.2) is 65.6 Å². The first kappa shape index (κ1) is 19.5. The van der Waals surface area contributed by atoms with Crippen LogP contribution in [0.25, 0.3) is 21.9 Å². The summed E-state index contributed by atoms with van der Waals surface area (Å²) in [5, 5.41) is 2.09. The van der Waals surface area contributed by atoms with Crippen molar-refractivity contribution in [1.29, 1.82) is 0 Å². The number of sulfone groups is 1. The van der Waals surface area contributed by atoms with Crippen molar-refractivity contribution in [2.45, 2.75) is 17.7 Å². The first-order valence-electron chi connectivity index (χ1n) is 9.65. The van der Waals surface area contributed by atoms with Gasteiger partial charge < -0.3 is 9.64 Å². The number of rotatable bonds is 6. The first-order chi connectivity index (χ1) is 13.9. The molecular weight excluding hydrogens is 386 g/mol. The van der Waals surface area contributed by atoms with E-state index in [0.29, 0.717) is 24.5 Å². The van der Waals surface area contributed by atoms with Crippen LogP contribution in [-0.4, -0.2) is 45.2 Å². The van der Waals surface area contributed by atoms with Gasteiger partial charge >= 0.3 is 0 Å². The van der Waals surface area contributed by atoms with E-state index in [1.165, 1.54) is 6.26 Å². The van der Waals surface area contributed by atoms with Gasteiger partial charge in [-0.2, -0.15) is 0 Å². The largest absolute Gasteiger partial charge is 0.492 e. The van der Waals surface area contributed by atoms with E-state index in [0.717, 1.165) is 40.6 Å². The lowest BCUT2D eigenvalue weighted by Crippen LogP contribution is -2.29. The molecule has 1 fully saturated rings. The molecule has 3 aromatic carbocycles. The average Bonchev–Trinajstić information content (AvgIpc) is 3.12. The summed E-state index contributed by atoms with van der Waals surface area (Å²) in [7, 11) is -3.25. The molecule has 0 bridgehead atoms. The van der Waals surface area contributed by atoms with Gasteiger partial charge in [-0.05, 0) is 58.7 Å². The smallest absolute Gasteiger partial charge is 0.222 e. The van der Waals surface area contributed by atoms with E-state index in [1.807, 2.05) is 47.4 Å². The number of hydrogen-bond acceptors (Lipinski definition) is 4. The predicted molar refractivity (Wildman–Crippen MR) is 114 cm³/mol. The SMILES string of the molecule is CS(=O)(=O)c1cccc(-c2ccc3ccc(OCCN4CCCC4=O)cc3c2)c1. The minimum Gasteiger partial charge on any atom is -0.492 e. The van der Waals surface area contributed by atoms with Crippen LogP contribution in [0, 0.1) is 0 Å². The van der Waals surface area contributed by atoms with Gasteiger partial charge in [-0.3, -0.25) is 4.79 Å². The fourth-order valence-corrected chi connectivity index (χ4v) is 4.28. The van der Waals surface area contributed by atoms with Crippen LogP contribution in [0.2, 0.25) is 0 Å². The number of likely N-dealkylation sites (tertiary alicyclic amines) is 1. The molecule has 0 spiro atoms. The van der Waals surface area contributed by atoms with E-state index in [-0.39, 0.29) is 5.91 Å². The summed E-state index contributed by atoms with van der Waals surface area (Å²) in [6.07, 6.45) is 2.78. The van der Waals surface area contributed by atoms with Crippen molar-refractivity contribution in [3.63, 3.8) is 0 Å². The fourth-order valence-electron chi connectivity index (χ4n) is 3.61. The van der Waals surface area contributed by atoms with Crippen molar-refractivity contribution in [2.75, 3.05) is 26.0 Å². The standard InChI is InChI=1S/C23H23NO4S/c1-29(26,27)22-5-2-4-18(16-22)19-8-7-17-9-10-21(15-20(17)14-19)28-13-12-24-11-3-6-23(24)25/h2,4-5,7-10,14-16H,3,6,11-13H2,1H3. The maximum Gasteiger partial charge on any atom is 0.222 e. The van der Waals surface area contributed by atoms with Crippen molar-refractivity contribution in [2.24, 2.45) is 0 Å². The highest BCUT2D eigenvalue weighted by atomic mass is 32.2. The number of carbonyl (C=O) groups is 1. The Morgan fingerprint density at radius 1 is 0.966 bits per heavy atom. The minimum atomic E-state index is -3.25. The quantitative estimate of drug-likeness (QED) is 0.619. The molecule has 0 atom stereocenters. The molecule has 0 radical (unpaired) electrons. The molecule has 1 heterocycles. The summed E-state index contributed by atoms with van der Waals surface area (Å²) in [6.45, 7) is 1.89. The lowest BCUT2D eigenvalue weighted by atomic mass is 10.0. The van der Waals surface area contributed by atoms with Gasteiger partial charge in [-0.25, -0.2) is 8.42 Å². The average molecular weight is 410 g/mol. The van der Waals surface area contributed by atoms with E-state index in [2.05, 4.69) is 0 Å². The van der Waals surface area contributed by atoms with E-state index in [9.17, 15) is 13.2 Å². The zero-order chi connectivity index (χ0) is 20.4. The third-order valence-corrected chi connectivity index (χ3v) is 6.32. The van der Waals surface area contributed by atoms with Crippen LogP contribution in [0.1, 0.15) is 12.8 Å². The second-order valence-corrected chi connectivity index (χ2v) is 9.37. The molecule has 1 aliphatic heterocycles. The second kappa shape index (κ2) is 7.87. The molecule has 29 heavy (non-hydrogen) atoms. The van der Waals surface area contributed by atoms with E-state index >= 15 is 0 Å². The molecule has 1 aliphatic rings. The van der Waals surface area contributed by atoms with Crippen molar-refractivity contribution in [3.8, 4) is 16.9 Å². The van der Waals surface area contributed by atoms with E-state index < -0.39 is 9.84 Å². The van der Waals surface area contributed by atoms with Gasteiger partial charge in [0, 0.05) is 19.2 Å². The lowest BCUT2D eigenvalue weighted by molar-refractivity contribution is -0.128. The Bertz CT molecular complexity index is 1170. The van der Waals surface area contributed by atoms with Gasteiger partial charge in [0.25, 0.3) is 0 Å². The van der Waals surface area contributed by atoms with Crippen LogP contribution in [0.3, 0.4) is 0 Å². The van der Waals surface area contributed by atoms with Gasteiger partial charge in [0.2, 0.25) is 5.91 Å². The third kappa shape index (κ3) is 4.43. The van der Waals surface area contributed by atoms with Crippen LogP contribution in [-0.2, 0) is 14.6 Å². The molecule has 150 valence electrons. The lowest BCUT2D eigenvalue weighted by Gasteiger charge is -2.16. The van der Waals surface area contributed by atoms with E-state index in [4.69, 9.17) is 4.74 Å². The monoisotopic (exact) mass is 409 g/mol. The third-order valence-electron chi connectivity index (χ3n) is 5.21. The summed E-state index contributed by atoms with van der Waals surface area (Å²) in [5.74, 6) is 0.958.